The third-order valence-electron chi connectivity index (χ3n) is 3.11. The second kappa shape index (κ2) is 6.85. The van der Waals surface area contributed by atoms with Crippen LogP contribution < -0.4 is 5.73 Å². The Morgan fingerprint density at radius 2 is 1.85 bits per heavy atom. The van der Waals surface area contributed by atoms with Crippen LogP contribution in [0.2, 0.25) is 0 Å². The molecule has 0 saturated carbocycles. The topological polar surface area (TPSA) is 80.5 Å². The minimum absolute atomic E-state index is 0.0343. The summed E-state index contributed by atoms with van der Waals surface area (Å²) < 4.78 is 22.7. The van der Waals surface area contributed by atoms with E-state index in [4.69, 9.17) is 5.73 Å². The molecule has 0 aromatic heterocycles. The lowest BCUT2D eigenvalue weighted by Gasteiger charge is -2.27. The number of amides is 1. The molecule has 0 heterocycles. The van der Waals surface area contributed by atoms with Crippen LogP contribution in [0.3, 0.4) is 0 Å². The fraction of sp³-hybridized carbons (Fsp3) is 0.500. The maximum absolute atomic E-state index is 12.4. The monoisotopic (exact) mass is 298 g/mol. The number of nitrogens with two attached hydrogens (primary N) is 1. The van der Waals surface area contributed by atoms with Crippen molar-refractivity contribution in [3.05, 3.63) is 35.4 Å². The van der Waals surface area contributed by atoms with Crippen molar-refractivity contribution >= 4 is 15.7 Å². The van der Waals surface area contributed by atoms with E-state index in [1.54, 1.807) is 24.0 Å². The van der Waals surface area contributed by atoms with Gasteiger partial charge in [-0.15, -0.1) is 0 Å². The molecule has 1 atom stereocenters. The van der Waals surface area contributed by atoms with Gasteiger partial charge in [0, 0.05) is 31.0 Å². The second-order valence-corrected chi connectivity index (χ2v) is 7.12. The van der Waals surface area contributed by atoms with Crippen molar-refractivity contribution in [2.24, 2.45) is 5.73 Å². The highest BCUT2D eigenvalue weighted by Crippen LogP contribution is 2.11. The molecule has 0 saturated heterocycles. The Morgan fingerprint density at radius 3 is 2.25 bits per heavy atom. The zero-order valence-corrected chi connectivity index (χ0v) is 13.0. The molecular formula is C14H22N2O3S. The Labute approximate surface area is 120 Å². The van der Waals surface area contributed by atoms with Gasteiger partial charge < -0.3 is 10.6 Å². The Kier molecular flexibility index (Phi) is 5.71. The van der Waals surface area contributed by atoms with Gasteiger partial charge in [0.2, 0.25) is 0 Å². The summed E-state index contributed by atoms with van der Waals surface area (Å²) in [6, 6.07) is 6.71. The fourth-order valence-electron chi connectivity index (χ4n) is 2.13. The molecule has 1 rings (SSSR count). The molecule has 1 unspecified atom stereocenters. The van der Waals surface area contributed by atoms with Crippen molar-refractivity contribution in [1.82, 2.24) is 4.90 Å². The quantitative estimate of drug-likeness (QED) is 0.851. The molecule has 5 nitrogen and oxygen atoms in total. The number of hydrogen-bond donors (Lipinski definition) is 1. The zero-order chi connectivity index (χ0) is 15.3. The third-order valence-corrected chi connectivity index (χ3v) is 4.20. The van der Waals surface area contributed by atoms with E-state index in [-0.39, 0.29) is 17.7 Å². The number of sulfone groups is 1. The predicted molar refractivity (Wildman–Crippen MR) is 80.2 cm³/mol. The van der Waals surface area contributed by atoms with Crippen LogP contribution in [0.25, 0.3) is 0 Å². The van der Waals surface area contributed by atoms with E-state index in [0.717, 1.165) is 5.56 Å². The SMILES string of the molecule is CCN(C(=O)c1ccc(CN)cc1)C(C)CS(C)(=O)=O. The van der Waals surface area contributed by atoms with Crippen LogP contribution in [0.1, 0.15) is 29.8 Å². The second-order valence-electron chi connectivity index (χ2n) is 4.93. The Hall–Kier alpha value is -1.40. The normalized spacial score (nSPS) is 13.0. The molecule has 112 valence electrons. The molecule has 0 aliphatic heterocycles. The Bertz CT molecular complexity index is 552. The van der Waals surface area contributed by atoms with E-state index in [1.165, 1.54) is 6.26 Å². The number of benzene rings is 1. The first-order valence-corrected chi connectivity index (χ1v) is 8.62. The molecule has 1 amide bonds. The largest absolute Gasteiger partial charge is 0.335 e. The highest BCUT2D eigenvalue weighted by Gasteiger charge is 2.22. The average Bonchev–Trinajstić information content (AvgIpc) is 2.37. The molecule has 1 aromatic carbocycles. The molecule has 20 heavy (non-hydrogen) atoms. The van der Waals surface area contributed by atoms with Gasteiger partial charge in [-0.1, -0.05) is 12.1 Å². The van der Waals surface area contributed by atoms with Crippen molar-refractivity contribution in [2.45, 2.75) is 26.4 Å². The summed E-state index contributed by atoms with van der Waals surface area (Å²) in [5.41, 5.74) is 7.02. The lowest BCUT2D eigenvalue weighted by atomic mass is 10.1. The van der Waals surface area contributed by atoms with Crippen LogP contribution >= 0.6 is 0 Å². The minimum Gasteiger partial charge on any atom is -0.335 e. The van der Waals surface area contributed by atoms with Gasteiger partial charge in [-0.25, -0.2) is 8.42 Å². The summed E-state index contributed by atoms with van der Waals surface area (Å²) in [5, 5.41) is 0. The van der Waals surface area contributed by atoms with Gasteiger partial charge in [0.05, 0.1) is 5.75 Å². The van der Waals surface area contributed by atoms with Gasteiger partial charge in [0.15, 0.2) is 0 Å². The lowest BCUT2D eigenvalue weighted by molar-refractivity contribution is 0.0719. The zero-order valence-electron chi connectivity index (χ0n) is 12.2. The average molecular weight is 298 g/mol. The van der Waals surface area contributed by atoms with Gasteiger partial charge in [-0.3, -0.25) is 4.79 Å². The van der Waals surface area contributed by atoms with Crippen LogP contribution in [-0.2, 0) is 16.4 Å². The fourth-order valence-corrected chi connectivity index (χ4v) is 3.19. The maximum atomic E-state index is 12.4. The Morgan fingerprint density at radius 1 is 1.30 bits per heavy atom. The van der Waals surface area contributed by atoms with E-state index in [2.05, 4.69) is 0 Å². The van der Waals surface area contributed by atoms with Crippen LogP contribution in [0.5, 0.6) is 0 Å². The van der Waals surface area contributed by atoms with E-state index >= 15 is 0 Å². The molecule has 2 N–H and O–H groups in total. The van der Waals surface area contributed by atoms with Crippen molar-refractivity contribution in [2.75, 3.05) is 18.6 Å². The molecule has 0 spiro atoms. The molecular weight excluding hydrogens is 276 g/mol. The number of carbonyl (C=O) groups is 1. The summed E-state index contributed by atoms with van der Waals surface area (Å²) in [6.07, 6.45) is 1.18. The summed E-state index contributed by atoms with van der Waals surface area (Å²) in [4.78, 5) is 14.0. The smallest absolute Gasteiger partial charge is 0.254 e. The first kappa shape index (κ1) is 16.7. The van der Waals surface area contributed by atoms with Gasteiger partial charge in [0.25, 0.3) is 5.91 Å². The highest BCUT2D eigenvalue weighted by atomic mass is 32.2. The van der Waals surface area contributed by atoms with E-state index in [0.29, 0.717) is 18.7 Å². The van der Waals surface area contributed by atoms with Gasteiger partial charge in [0.1, 0.15) is 9.84 Å². The van der Waals surface area contributed by atoms with E-state index < -0.39 is 9.84 Å². The molecule has 0 bridgehead atoms. The van der Waals surface area contributed by atoms with E-state index in [1.807, 2.05) is 19.1 Å². The van der Waals surface area contributed by atoms with Crippen LogP contribution in [0.15, 0.2) is 24.3 Å². The van der Waals surface area contributed by atoms with Crippen LogP contribution in [0.4, 0.5) is 0 Å². The maximum Gasteiger partial charge on any atom is 0.254 e. The summed E-state index contributed by atoms with van der Waals surface area (Å²) >= 11 is 0. The van der Waals surface area contributed by atoms with Gasteiger partial charge in [-0.05, 0) is 31.5 Å². The number of carbonyl (C=O) groups excluding carboxylic acids is 1. The molecule has 1 aromatic rings. The van der Waals surface area contributed by atoms with Gasteiger partial charge in [-0.2, -0.15) is 0 Å². The highest BCUT2D eigenvalue weighted by molar-refractivity contribution is 7.90. The summed E-state index contributed by atoms with van der Waals surface area (Å²) in [7, 11) is -3.12. The molecule has 0 aliphatic carbocycles. The molecule has 6 heteroatoms. The summed E-state index contributed by atoms with van der Waals surface area (Å²) in [5.74, 6) is -0.194. The van der Waals surface area contributed by atoms with E-state index in [9.17, 15) is 13.2 Å². The van der Waals surface area contributed by atoms with Crippen LogP contribution in [-0.4, -0.2) is 43.8 Å². The van der Waals surface area contributed by atoms with Crippen molar-refractivity contribution in [3.8, 4) is 0 Å². The van der Waals surface area contributed by atoms with Crippen molar-refractivity contribution < 1.29 is 13.2 Å². The number of rotatable bonds is 6. The lowest BCUT2D eigenvalue weighted by Crippen LogP contribution is -2.42. The number of hydrogen-bond acceptors (Lipinski definition) is 4. The van der Waals surface area contributed by atoms with Crippen molar-refractivity contribution in [3.63, 3.8) is 0 Å². The third kappa shape index (κ3) is 4.61. The standard InChI is InChI=1S/C14H22N2O3S/c1-4-16(11(2)10-20(3,18)19)14(17)13-7-5-12(9-15)6-8-13/h5-8,11H,4,9-10,15H2,1-3H3. The molecule has 0 aliphatic rings. The molecule has 0 fully saturated rings. The van der Waals surface area contributed by atoms with Gasteiger partial charge >= 0.3 is 0 Å². The molecule has 0 radical (unpaired) electrons. The minimum atomic E-state index is -3.12. The van der Waals surface area contributed by atoms with Crippen molar-refractivity contribution in [1.29, 1.82) is 0 Å². The predicted octanol–water partition coefficient (Wildman–Crippen LogP) is 1.04. The Balaban J connectivity index is 2.90. The summed E-state index contributed by atoms with van der Waals surface area (Å²) in [6.45, 7) is 4.48. The number of nitrogens with zero attached hydrogens (tertiary/aromatic N) is 1. The first-order chi connectivity index (χ1) is 9.28. The first-order valence-electron chi connectivity index (χ1n) is 6.56. The van der Waals surface area contributed by atoms with Crippen LogP contribution in [0, 0.1) is 0 Å².